The van der Waals surface area contributed by atoms with Gasteiger partial charge < -0.3 is 5.11 Å². The Balaban J connectivity index is 1.49. The summed E-state index contributed by atoms with van der Waals surface area (Å²) in [4.78, 5) is 28.7. The molecule has 2 N–H and O–H groups in total. The molecule has 8 nitrogen and oxygen atoms in total. The molecule has 40 heavy (non-hydrogen) atoms. The van der Waals surface area contributed by atoms with E-state index in [1.807, 2.05) is 65.7 Å². The summed E-state index contributed by atoms with van der Waals surface area (Å²) >= 11 is 1.36. The minimum atomic E-state index is -4.05. The van der Waals surface area contributed by atoms with Crippen LogP contribution < -0.4 is 4.89 Å². The zero-order chi connectivity index (χ0) is 28.5. The number of nitrogens with zero attached hydrogens (tertiary/aromatic N) is 1. The van der Waals surface area contributed by atoms with Crippen LogP contribution in [0.2, 0.25) is 0 Å². The van der Waals surface area contributed by atoms with Gasteiger partial charge in [-0.1, -0.05) is 91.0 Å². The van der Waals surface area contributed by atoms with E-state index in [-0.39, 0.29) is 17.4 Å². The highest BCUT2D eigenvalue weighted by Crippen LogP contribution is 2.36. The predicted molar refractivity (Wildman–Crippen MR) is 157 cm³/mol. The number of hydrogen-bond donors (Lipinski definition) is 2. The number of rotatable bonds is 14. The van der Waals surface area contributed by atoms with Crippen LogP contribution in [-0.2, 0) is 37.7 Å². The summed E-state index contributed by atoms with van der Waals surface area (Å²) < 4.78 is 26.0. The van der Waals surface area contributed by atoms with Crippen LogP contribution in [0.1, 0.15) is 37.3 Å². The average Bonchev–Trinajstić information content (AvgIpc) is 3.32. The Morgan fingerprint density at radius 1 is 1.00 bits per heavy atom. The van der Waals surface area contributed by atoms with Crippen LogP contribution >= 0.6 is 11.8 Å². The third kappa shape index (κ3) is 7.26. The number of carbonyl (C=O) groups is 1. The SMILES string of the molecule is CCCCC1=NC(SC)=C(C(=O)O)C1Cc1ccc(-c2ccccc2S(=O)(=O)NOOCc2ccccc2)cc1. The van der Waals surface area contributed by atoms with E-state index in [4.69, 9.17) is 9.88 Å². The number of hydrogen-bond acceptors (Lipinski definition) is 7. The highest BCUT2D eigenvalue weighted by molar-refractivity contribution is 8.02. The molecule has 0 bridgehead atoms. The average molecular weight is 581 g/mol. The van der Waals surface area contributed by atoms with Gasteiger partial charge >= 0.3 is 5.97 Å². The van der Waals surface area contributed by atoms with E-state index in [0.29, 0.717) is 28.1 Å². The molecule has 4 rings (SSSR count). The Kier molecular flexibility index (Phi) is 10.3. The van der Waals surface area contributed by atoms with Crippen molar-refractivity contribution in [3.8, 4) is 11.1 Å². The van der Waals surface area contributed by atoms with Gasteiger partial charge in [0.2, 0.25) is 0 Å². The molecule has 1 aliphatic rings. The van der Waals surface area contributed by atoms with Crippen molar-refractivity contribution >= 4 is 33.5 Å². The molecule has 0 radical (unpaired) electrons. The number of aliphatic imine (C=N–C) groups is 1. The Hall–Kier alpha value is -3.28. The first-order valence-corrected chi connectivity index (χ1v) is 15.7. The fourth-order valence-corrected chi connectivity index (χ4v) is 6.19. The van der Waals surface area contributed by atoms with Gasteiger partial charge in [-0.15, -0.1) is 16.8 Å². The third-order valence-electron chi connectivity index (χ3n) is 6.59. The fraction of sp³-hybridized carbons (Fsp3) is 0.267. The maximum atomic E-state index is 13.0. The van der Waals surface area contributed by atoms with Crippen LogP contribution in [0.3, 0.4) is 0 Å². The van der Waals surface area contributed by atoms with Gasteiger partial charge in [-0.3, -0.25) is 0 Å². The monoisotopic (exact) mass is 580 g/mol. The molecule has 0 aromatic heterocycles. The predicted octanol–water partition coefficient (Wildman–Crippen LogP) is 6.16. The summed E-state index contributed by atoms with van der Waals surface area (Å²) in [6.07, 6.45) is 5.05. The van der Waals surface area contributed by atoms with Gasteiger partial charge in [0.05, 0.1) is 10.5 Å². The van der Waals surface area contributed by atoms with Crippen molar-refractivity contribution in [2.24, 2.45) is 10.9 Å². The first-order chi connectivity index (χ1) is 19.3. The maximum Gasteiger partial charge on any atom is 0.335 e. The molecule has 1 heterocycles. The highest BCUT2D eigenvalue weighted by atomic mass is 32.2. The van der Waals surface area contributed by atoms with E-state index in [9.17, 15) is 18.3 Å². The van der Waals surface area contributed by atoms with Gasteiger partial charge in [-0.05, 0) is 48.3 Å². The van der Waals surface area contributed by atoms with E-state index in [2.05, 4.69) is 11.9 Å². The number of benzene rings is 3. The molecule has 0 amide bonds. The standard InChI is InChI=1S/C30H32N2O6S2/c1-3-4-13-26-25(28(30(33)34)29(31-26)39-2)19-21-15-17-23(18-16-21)24-12-8-9-14-27(24)40(35,36)32-38-37-20-22-10-6-5-7-11-22/h5-12,14-18,25,32H,3-4,13,19-20H2,1-2H3,(H,33,34). The summed E-state index contributed by atoms with van der Waals surface area (Å²) in [5.74, 6) is -1.23. The molecule has 10 heteroatoms. The first kappa shape index (κ1) is 29.7. The Morgan fingerprint density at radius 3 is 2.38 bits per heavy atom. The van der Waals surface area contributed by atoms with E-state index in [1.165, 1.54) is 17.8 Å². The topological polar surface area (TPSA) is 114 Å². The molecule has 0 aliphatic carbocycles. The molecule has 1 unspecified atom stereocenters. The lowest BCUT2D eigenvalue weighted by atomic mass is 9.87. The van der Waals surface area contributed by atoms with Crippen LogP contribution in [0, 0.1) is 5.92 Å². The molecule has 0 saturated heterocycles. The second-order valence-electron chi connectivity index (χ2n) is 9.30. The summed E-state index contributed by atoms with van der Waals surface area (Å²) in [5.41, 5.74) is 4.22. The number of aliphatic carboxylic acids is 1. The second kappa shape index (κ2) is 13.9. The highest BCUT2D eigenvalue weighted by Gasteiger charge is 2.33. The van der Waals surface area contributed by atoms with Crippen LogP contribution in [0.4, 0.5) is 0 Å². The Labute approximate surface area is 239 Å². The number of carboxylic acids is 1. The van der Waals surface area contributed by atoms with Gasteiger partial charge in [0.25, 0.3) is 10.0 Å². The lowest BCUT2D eigenvalue weighted by molar-refractivity contribution is -0.326. The molecule has 3 aromatic carbocycles. The zero-order valence-corrected chi connectivity index (χ0v) is 24.0. The van der Waals surface area contributed by atoms with Crippen molar-refractivity contribution in [3.63, 3.8) is 0 Å². The first-order valence-electron chi connectivity index (χ1n) is 13.0. The molecular formula is C30H32N2O6S2. The number of carboxylic acid groups (broad SMARTS) is 1. The van der Waals surface area contributed by atoms with Gasteiger partial charge in [-0.2, -0.15) is 0 Å². The van der Waals surface area contributed by atoms with E-state index in [0.717, 1.165) is 36.1 Å². The lowest BCUT2D eigenvalue weighted by Crippen LogP contribution is -2.24. The smallest absolute Gasteiger partial charge is 0.335 e. The molecule has 1 aliphatic heterocycles. The zero-order valence-electron chi connectivity index (χ0n) is 22.4. The molecule has 1 atom stereocenters. The van der Waals surface area contributed by atoms with Gasteiger partial charge in [0.15, 0.2) is 0 Å². The molecule has 3 aromatic rings. The number of thioether (sulfide) groups is 1. The number of sulfonamides is 1. The van der Waals surface area contributed by atoms with Gasteiger partial charge in [0, 0.05) is 17.2 Å². The normalized spacial score (nSPS) is 15.3. The van der Waals surface area contributed by atoms with E-state index >= 15 is 0 Å². The summed E-state index contributed by atoms with van der Waals surface area (Å²) in [5, 5.41) is 10.5. The van der Waals surface area contributed by atoms with Gasteiger partial charge in [-0.25, -0.2) is 23.1 Å². The summed E-state index contributed by atoms with van der Waals surface area (Å²) in [6, 6.07) is 23.3. The molecule has 0 saturated carbocycles. The fourth-order valence-electron chi connectivity index (χ4n) is 4.57. The molecule has 0 fully saturated rings. The summed E-state index contributed by atoms with van der Waals surface area (Å²) in [6.45, 7) is 2.18. The van der Waals surface area contributed by atoms with Crippen LogP contribution in [0.15, 0.2) is 99.4 Å². The van der Waals surface area contributed by atoms with Crippen molar-refractivity contribution in [1.82, 2.24) is 4.89 Å². The maximum absolute atomic E-state index is 13.0. The van der Waals surface area contributed by atoms with Crippen molar-refractivity contribution in [1.29, 1.82) is 0 Å². The van der Waals surface area contributed by atoms with E-state index < -0.39 is 16.0 Å². The third-order valence-corrected chi connectivity index (χ3v) is 8.51. The lowest BCUT2D eigenvalue weighted by Gasteiger charge is -2.16. The minimum Gasteiger partial charge on any atom is -0.478 e. The molecule has 0 spiro atoms. The van der Waals surface area contributed by atoms with Crippen molar-refractivity contribution < 1.29 is 28.2 Å². The minimum absolute atomic E-state index is 0.0385. The second-order valence-corrected chi connectivity index (χ2v) is 11.7. The number of unbranched alkanes of at least 4 members (excludes halogenated alkanes) is 1. The Morgan fingerprint density at radius 2 is 1.70 bits per heavy atom. The Bertz CT molecular complexity index is 1490. The van der Waals surface area contributed by atoms with Crippen LogP contribution in [-0.4, -0.2) is 31.5 Å². The quantitative estimate of drug-likeness (QED) is 0.133. The molecule has 210 valence electrons. The van der Waals surface area contributed by atoms with Crippen LogP contribution in [0.25, 0.3) is 11.1 Å². The van der Waals surface area contributed by atoms with Gasteiger partial charge in [0.1, 0.15) is 11.6 Å². The number of nitrogens with one attached hydrogen (secondary N) is 1. The largest absolute Gasteiger partial charge is 0.478 e. The van der Waals surface area contributed by atoms with Crippen molar-refractivity contribution in [2.75, 3.05) is 6.26 Å². The van der Waals surface area contributed by atoms with Crippen LogP contribution in [0.5, 0.6) is 0 Å². The van der Waals surface area contributed by atoms with Crippen molar-refractivity contribution in [2.45, 2.75) is 44.1 Å². The van der Waals surface area contributed by atoms with Crippen molar-refractivity contribution in [3.05, 3.63) is 101 Å². The van der Waals surface area contributed by atoms with E-state index in [1.54, 1.807) is 18.2 Å². The molecular weight excluding hydrogens is 548 g/mol. The summed E-state index contributed by atoms with van der Waals surface area (Å²) in [7, 11) is -4.05.